The number of phenolic OH excluding ortho intramolecular Hbond substituents is 1. The van der Waals surface area contributed by atoms with E-state index in [1.807, 2.05) is 0 Å². The summed E-state index contributed by atoms with van der Waals surface area (Å²) in [6.45, 7) is 3.52. The van der Waals surface area contributed by atoms with Crippen molar-refractivity contribution in [3.05, 3.63) is 23.3 Å². The number of carboxylic acids is 1. The van der Waals surface area contributed by atoms with E-state index < -0.39 is 5.97 Å². The average molecular weight is 224 g/mol. The molecule has 0 amide bonds. The monoisotopic (exact) mass is 224 g/mol. The average Bonchev–Trinajstić information content (AvgIpc) is 2.20. The summed E-state index contributed by atoms with van der Waals surface area (Å²) in [5.74, 6) is -0.351. The Labute approximate surface area is 94.5 Å². The van der Waals surface area contributed by atoms with E-state index in [1.54, 1.807) is 26.0 Å². The van der Waals surface area contributed by atoms with Gasteiger partial charge >= 0.3 is 5.97 Å². The number of rotatable bonds is 4. The summed E-state index contributed by atoms with van der Waals surface area (Å²) in [4.78, 5) is 10.6. The molecule has 1 aromatic rings. The van der Waals surface area contributed by atoms with Crippen LogP contribution in [-0.2, 0) is 4.79 Å². The lowest BCUT2D eigenvalue weighted by atomic mass is 9.95. The molecule has 1 rings (SSSR count). The third-order valence-electron chi connectivity index (χ3n) is 2.55. The van der Waals surface area contributed by atoms with Crippen LogP contribution in [-0.4, -0.2) is 23.3 Å². The number of phenols is 1. The number of hydrogen-bond acceptors (Lipinski definition) is 3. The minimum atomic E-state index is -0.882. The summed E-state index contributed by atoms with van der Waals surface area (Å²) in [7, 11) is 1.54. The molecule has 4 nitrogen and oxygen atoms in total. The summed E-state index contributed by atoms with van der Waals surface area (Å²) in [6, 6.07) is 3.39. The number of carbonyl (C=O) groups is 1. The van der Waals surface area contributed by atoms with E-state index in [1.165, 1.54) is 7.11 Å². The Bertz CT molecular complexity index is 398. The fraction of sp³-hybridized carbons (Fsp3) is 0.417. The van der Waals surface area contributed by atoms with Gasteiger partial charge < -0.3 is 14.9 Å². The lowest BCUT2D eigenvalue weighted by Gasteiger charge is -2.14. The minimum absolute atomic E-state index is 0.0137. The summed E-state index contributed by atoms with van der Waals surface area (Å²) in [5, 5.41) is 18.6. The molecule has 0 aromatic heterocycles. The molecule has 1 unspecified atom stereocenters. The SMILES string of the molecule is COc1cc(C)c(O)c(C(C)CC(=O)O)c1. The Morgan fingerprint density at radius 3 is 2.62 bits per heavy atom. The Kier molecular flexibility index (Phi) is 3.77. The van der Waals surface area contributed by atoms with Crippen LogP contribution in [0.4, 0.5) is 0 Å². The van der Waals surface area contributed by atoms with Crippen LogP contribution < -0.4 is 4.74 Å². The molecule has 0 aliphatic carbocycles. The van der Waals surface area contributed by atoms with Crippen molar-refractivity contribution in [1.82, 2.24) is 0 Å². The van der Waals surface area contributed by atoms with Gasteiger partial charge in [-0.25, -0.2) is 0 Å². The van der Waals surface area contributed by atoms with Crippen molar-refractivity contribution in [2.45, 2.75) is 26.2 Å². The lowest BCUT2D eigenvalue weighted by molar-refractivity contribution is -0.137. The van der Waals surface area contributed by atoms with Gasteiger partial charge in [0.2, 0.25) is 0 Å². The Hall–Kier alpha value is -1.71. The minimum Gasteiger partial charge on any atom is -0.507 e. The third-order valence-corrected chi connectivity index (χ3v) is 2.55. The van der Waals surface area contributed by atoms with Crippen molar-refractivity contribution in [3.63, 3.8) is 0 Å². The largest absolute Gasteiger partial charge is 0.507 e. The number of benzene rings is 1. The molecule has 1 atom stereocenters. The van der Waals surface area contributed by atoms with Crippen LogP contribution in [0.2, 0.25) is 0 Å². The Morgan fingerprint density at radius 2 is 2.12 bits per heavy atom. The van der Waals surface area contributed by atoms with Crippen molar-refractivity contribution in [1.29, 1.82) is 0 Å². The summed E-state index contributed by atoms with van der Waals surface area (Å²) < 4.78 is 5.09. The second kappa shape index (κ2) is 4.88. The van der Waals surface area contributed by atoms with Gasteiger partial charge in [-0.3, -0.25) is 4.79 Å². The van der Waals surface area contributed by atoms with E-state index in [0.29, 0.717) is 16.9 Å². The first-order valence-corrected chi connectivity index (χ1v) is 5.05. The van der Waals surface area contributed by atoms with Crippen molar-refractivity contribution in [2.75, 3.05) is 7.11 Å². The van der Waals surface area contributed by atoms with Crippen LogP contribution in [0, 0.1) is 6.92 Å². The first kappa shape index (κ1) is 12.4. The van der Waals surface area contributed by atoms with Gasteiger partial charge in [-0.1, -0.05) is 6.92 Å². The first-order valence-electron chi connectivity index (χ1n) is 5.05. The molecule has 0 heterocycles. The predicted octanol–water partition coefficient (Wildman–Crippen LogP) is 2.29. The fourth-order valence-electron chi connectivity index (χ4n) is 1.64. The Morgan fingerprint density at radius 1 is 1.50 bits per heavy atom. The van der Waals surface area contributed by atoms with Crippen LogP contribution in [0.3, 0.4) is 0 Å². The van der Waals surface area contributed by atoms with Crippen LogP contribution in [0.5, 0.6) is 11.5 Å². The summed E-state index contributed by atoms with van der Waals surface area (Å²) in [6.07, 6.45) is -0.0137. The molecule has 0 radical (unpaired) electrons. The molecule has 0 fully saturated rings. The molecule has 0 spiro atoms. The molecule has 4 heteroatoms. The van der Waals surface area contributed by atoms with Gasteiger partial charge in [0.25, 0.3) is 0 Å². The standard InChI is InChI=1S/C12H16O4/c1-7(5-11(13)14)10-6-9(16-3)4-8(2)12(10)15/h4,6-7,15H,5H2,1-3H3,(H,13,14). The van der Waals surface area contributed by atoms with Gasteiger partial charge in [-0.2, -0.15) is 0 Å². The van der Waals surface area contributed by atoms with Crippen molar-refractivity contribution < 1.29 is 19.7 Å². The van der Waals surface area contributed by atoms with E-state index in [2.05, 4.69) is 0 Å². The molecular weight excluding hydrogens is 208 g/mol. The summed E-state index contributed by atoms with van der Waals surface area (Å²) >= 11 is 0. The number of aryl methyl sites for hydroxylation is 1. The molecule has 0 bridgehead atoms. The number of hydrogen-bond donors (Lipinski definition) is 2. The molecule has 0 aliphatic heterocycles. The maximum absolute atomic E-state index is 10.6. The predicted molar refractivity (Wildman–Crippen MR) is 60.1 cm³/mol. The normalized spacial score (nSPS) is 12.2. The zero-order valence-electron chi connectivity index (χ0n) is 9.65. The number of aromatic hydroxyl groups is 1. The molecule has 0 saturated heterocycles. The van der Waals surface area contributed by atoms with Crippen molar-refractivity contribution >= 4 is 5.97 Å². The van der Waals surface area contributed by atoms with Crippen molar-refractivity contribution in [2.24, 2.45) is 0 Å². The smallest absolute Gasteiger partial charge is 0.303 e. The van der Waals surface area contributed by atoms with Gasteiger partial charge in [-0.15, -0.1) is 0 Å². The maximum atomic E-state index is 10.6. The third kappa shape index (κ3) is 2.66. The maximum Gasteiger partial charge on any atom is 0.303 e. The van der Waals surface area contributed by atoms with Crippen LogP contribution >= 0.6 is 0 Å². The zero-order valence-corrected chi connectivity index (χ0v) is 9.65. The molecule has 16 heavy (non-hydrogen) atoms. The Balaban J connectivity index is 3.10. The van der Waals surface area contributed by atoms with Gasteiger partial charge in [-0.05, 0) is 30.5 Å². The number of carboxylic acid groups (broad SMARTS) is 1. The number of aliphatic carboxylic acids is 1. The highest BCUT2D eigenvalue weighted by atomic mass is 16.5. The second-order valence-electron chi connectivity index (χ2n) is 3.88. The first-order chi connectivity index (χ1) is 7.45. The van der Waals surface area contributed by atoms with Crippen molar-refractivity contribution in [3.8, 4) is 11.5 Å². The lowest BCUT2D eigenvalue weighted by Crippen LogP contribution is -2.04. The van der Waals surface area contributed by atoms with E-state index in [0.717, 1.165) is 0 Å². The highest BCUT2D eigenvalue weighted by Crippen LogP contribution is 2.34. The molecular formula is C12H16O4. The van der Waals surface area contributed by atoms with Crippen LogP contribution in [0.25, 0.3) is 0 Å². The molecule has 0 saturated carbocycles. The van der Waals surface area contributed by atoms with Gasteiger partial charge in [0.1, 0.15) is 11.5 Å². The van der Waals surface area contributed by atoms with Gasteiger partial charge in [0, 0.05) is 5.56 Å². The fourth-order valence-corrected chi connectivity index (χ4v) is 1.64. The van der Waals surface area contributed by atoms with E-state index in [4.69, 9.17) is 9.84 Å². The van der Waals surface area contributed by atoms with E-state index in [-0.39, 0.29) is 18.1 Å². The molecule has 2 N–H and O–H groups in total. The van der Waals surface area contributed by atoms with E-state index in [9.17, 15) is 9.90 Å². The molecule has 88 valence electrons. The summed E-state index contributed by atoms with van der Waals surface area (Å²) in [5.41, 5.74) is 1.30. The van der Waals surface area contributed by atoms with Gasteiger partial charge in [0.05, 0.1) is 13.5 Å². The number of ether oxygens (including phenoxy) is 1. The van der Waals surface area contributed by atoms with Crippen LogP contribution in [0.1, 0.15) is 30.4 Å². The molecule has 0 aliphatic rings. The topological polar surface area (TPSA) is 66.8 Å². The molecule has 1 aromatic carbocycles. The second-order valence-corrected chi connectivity index (χ2v) is 3.88. The highest BCUT2D eigenvalue weighted by molar-refractivity contribution is 5.68. The number of methoxy groups -OCH3 is 1. The zero-order chi connectivity index (χ0) is 12.3. The van der Waals surface area contributed by atoms with Gasteiger partial charge in [0.15, 0.2) is 0 Å². The van der Waals surface area contributed by atoms with E-state index >= 15 is 0 Å². The van der Waals surface area contributed by atoms with Crippen LogP contribution in [0.15, 0.2) is 12.1 Å². The quantitative estimate of drug-likeness (QED) is 0.823. The highest BCUT2D eigenvalue weighted by Gasteiger charge is 2.16.